The molecule has 0 aliphatic carbocycles. The van der Waals surface area contributed by atoms with Crippen molar-refractivity contribution in [2.75, 3.05) is 13.2 Å². The number of nitrogens with zero attached hydrogens (tertiary/aromatic N) is 4. The Labute approximate surface area is 159 Å². The van der Waals surface area contributed by atoms with Crippen LogP contribution in [0.5, 0.6) is 0 Å². The number of aromatic amines is 1. The number of aromatic nitrogens is 5. The first-order chi connectivity index (χ1) is 13.3. The third kappa shape index (κ3) is 4.18. The summed E-state index contributed by atoms with van der Waals surface area (Å²) in [5, 5.41) is 18.9. The number of ether oxygens (including phenoxy) is 2. The highest BCUT2D eigenvalue weighted by Crippen LogP contribution is 2.20. The largest absolute Gasteiger partial charge is 0.379 e. The van der Waals surface area contributed by atoms with E-state index < -0.39 is 0 Å². The van der Waals surface area contributed by atoms with E-state index in [0.717, 1.165) is 5.69 Å². The van der Waals surface area contributed by atoms with Crippen LogP contribution >= 0.6 is 11.3 Å². The Hall–Kier alpha value is -2.69. The molecule has 1 aliphatic rings. The molecule has 2 atom stereocenters. The number of benzene rings is 1. The Kier molecular flexibility index (Phi) is 5.47. The van der Waals surface area contributed by atoms with Gasteiger partial charge in [-0.25, -0.2) is 4.98 Å². The Morgan fingerprint density at radius 3 is 3.15 bits per heavy atom. The van der Waals surface area contributed by atoms with E-state index in [9.17, 15) is 4.79 Å². The zero-order chi connectivity index (χ0) is 18.5. The Morgan fingerprint density at radius 1 is 1.41 bits per heavy atom. The van der Waals surface area contributed by atoms with Gasteiger partial charge in [0.25, 0.3) is 5.91 Å². The molecule has 0 unspecified atom stereocenters. The first kappa shape index (κ1) is 17.7. The molecule has 1 saturated heterocycles. The second-order valence-corrected chi connectivity index (χ2v) is 6.77. The topological polar surface area (TPSA) is 115 Å². The fourth-order valence-corrected chi connectivity index (χ4v) is 3.48. The van der Waals surface area contributed by atoms with Crippen molar-refractivity contribution in [2.24, 2.45) is 0 Å². The number of amides is 1. The molecule has 1 amide bonds. The Balaban J connectivity index is 1.46. The standard InChI is InChI=1S/C17H18N6O3S/c24-17(13-4-2-1-3-12(13)16-20-22-23-21-16)19-14-5-6-25-8-15(14)26-7-11-9-27-10-18-11/h1-4,9-10,14-15H,5-8H2,(H,19,24)(H,20,21,22,23)/t14-,15-/m1/s1. The monoisotopic (exact) mass is 386 g/mol. The lowest BCUT2D eigenvalue weighted by Gasteiger charge is -2.32. The van der Waals surface area contributed by atoms with E-state index in [2.05, 4.69) is 30.9 Å². The van der Waals surface area contributed by atoms with Gasteiger partial charge < -0.3 is 14.8 Å². The Bertz CT molecular complexity index is 871. The van der Waals surface area contributed by atoms with Crippen LogP contribution in [0.4, 0.5) is 0 Å². The minimum absolute atomic E-state index is 0.150. The highest BCUT2D eigenvalue weighted by Gasteiger charge is 2.29. The van der Waals surface area contributed by atoms with Gasteiger partial charge in [-0.3, -0.25) is 4.79 Å². The summed E-state index contributed by atoms with van der Waals surface area (Å²) in [7, 11) is 0. The number of hydrogen-bond donors (Lipinski definition) is 2. The maximum atomic E-state index is 12.9. The number of hydrogen-bond acceptors (Lipinski definition) is 8. The van der Waals surface area contributed by atoms with Crippen molar-refractivity contribution in [3.05, 3.63) is 46.4 Å². The van der Waals surface area contributed by atoms with Gasteiger partial charge in [-0.15, -0.1) is 21.5 Å². The normalized spacial score (nSPS) is 19.7. The van der Waals surface area contributed by atoms with Gasteiger partial charge in [-0.05, 0) is 17.7 Å². The van der Waals surface area contributed by atoms with Crippen LogP contribution in [0.25, 0.3) is 11.4 Å². The van der Waals surface area contributed by atoms with Gasteiger partial charge in [0.2, 0.25) is 5.82 Å². The maximum absolute atomic E-state index is 12.9. The summed E-state index contributed by atoms with van der Waals surface area (Å²) in [4.78, 5) is 17.1. The fraction of sp³-hybridized carbons (Fsp3) is 0.353. The summed E-state index contributed by atoms with van der Waals surface area (Å²) in [6.07, 6.45) is 0.444. The van der Waals surface area contributed by atoms with Gasteiger partial charge in [-0.1, -0.05) is 18.2 Å². The molecule has 0 spiro atoms. The number of carbonyl (C=O) groups excluding carboxylic acids is 1. The van der Waals surface area contributed by atoms with Crippen molar-refractivity contribution in [1.29, 1.82) is 0 Å². The van der Waals surface area contributed by atoms with Crippen molar-refractivity contribution in [2.45, 2.75) is 25.2 Å². The van der Waals surface area contributed by atoms with Gasteiger partial charge in [0.1, 0.15) is 6.10 Å². The third-order valence-electron chi connectivity index (χ3n) is 4.31. The molecule has 0 radical (unpaired) electrons. The zero-order valence-corrected chi connectivity index (χ0v) is 15.2. The van der Waals surface area contributed by atoms with Gasteiger partial charge in [-0.2, -0.15) is 5.21 Å². The van der Waals surface area contributed by atoms with Gasteiger partial charge in [0.15, 0.2) is 0 Å². The van der Waals surface area contributed by atoms with Crippen molar-refractivity contribution < 1.29 is 14.3 Å². The van der Waals surface area contributed by atoms with Gasteiger partial charge >= 0.3 is 0 Å². The molecule has 1 fully saturated rings. The minimum Gasteiger partial charge on any atom is -0.379 e. The number of tetrazole rings is 1. The number of rotatable bonds is 6. The van der Waals surface area contributed by atoms with Crippen molar-refractivity contribution in [3.8, 4) is 11.4 Å². The lowest BCUT2D eigenvalue weighted by molar-refractivity contribution is -0.0742. The Morgan fingerprint density at radius 2 is 2.33 bits per heavy atom. The van der Waals surface area contributed by atoms with Crippen molar-refractivity contribution in [1.82, 2.24) is 30.9 Å². The highest BCUT2D eigenvalue weighted by molar-refractivity contribution is 7.07. The molecular formula is C17H18N6O3S. The second-order valence-electron chi connectivity index (χ2n) is 6.05. The first-order valence-electron chi connectivity index (χ1n) is 8.51. The van der Waals surface area contributed by atoms with E-state index in [1.54, 1.807) is 23.7 Å². The van der Waals surface area contributed by atoms with Crippen molar-refractivity contribution >= 4 is 17.2 Å². The molecule has 27 heavy (non-hydrogen) atoms. The lowest BCUT2D eigenvalue weighted by Crippen LogP contribution is -2.50. The van der Waals surface area contributed by atoms with Gasteiger partial charge in [0, 0.05) is 17.6 Å². The van der Waals surface area contributed by atoms with Crippen LogP contribution in [-0.2, 0) is 16.1 Å². The number of H-pyrrole nitrogens is 1. The zero-order valence-electron chi connectivity index (χ0n) is 14.4. The van der Waals surface area contributed by atoms with E-state index in [-0.39, 0.29) is 18.1 Å². The molecule has 140 valence electrons. The molecule has 1 aliphatic heterocycles. The van der Waals surface area contributed by atoms with Crippen LogP contribution in [0.1, 0.15) is 22.5 Å². The number of nitrogens with one attached hydrogen (secondary N) is 2. The molecule has 0 bridgehead atoms. The average molecular weight is 386 g/mol. The summed E-state index contributed by atoms with van der Waals surface area (Å²) >= 11 is 1.52. The van der Waals surface area contributed by atoms with Crippen molar-refractivity contribution in [3.63, 3.8) is 0 Å². The quantitative estimate of drug-likeness (QED) is 0.658. The molecule has 10 heteroatoms. The molecule has 3 aromatic rings. The highest BCUT2D eigenvalue weighted by atomic mass is 32.1. The van der Waals surface area contributed by atoms with Crippen LogP contribution in [0.3, 0.4) is 0 Å². The third-order valence-corrected chi connectivity index (χ3v) is 4.94. The average Bonchev–Trinajstić information content (AvgIpc) is 3.41. The summed E-state index contributed by atoms with van der Waals surface area (Å²) in [5.74, 6) is 0.175. The van der Waals surface area contributed by atoms with Crippen LogP contribution in [0.15, 0.2) is 35.2 Å². The molecule has 4 rings (SSSR count). The molecule has 2 N–H and O–H groups in total. The van der Waals surface area contributed by atoms with Crippen LogP contribution < -0.4 is 5.32 Å². The lowest BCUT2D eigenvalue weighted by atomic mass is 10.0. The number of thiazole rings is 1. The SMILES string of the molecule is O=C(N[C@@H]1CCOC[C@H]1OCc1cscn1)c1ccccc1-c1nn[nH]n1. The molecule has 2 aromatic heterocycles. The number of carbonyl (C=O) groups is 1. The summed E-state index contributed by atoms with van der Waals surface area (Å²) in [6, 6.07) is 7.02. The summed E-state index contributed by atoms with van der Waals surface area (Å²) < 4.78 is 11.5. The van der Waals surface area contributed by atoms with Crippen LogP contribution in [0.2, 0.25) is 0 Å². The van der Waals surface area contributed by atoms with Crippen LogP contribution in [0, 0.1) is 0 Å². The summed E-state index contributed by atoms with van der Waals surface area (Å²) in [5.41, 5.74) is 3.75. The summed E-state index contributed by atoms with van der Waals surface area (Å²) in [6.45, 7) is 1.40. The smallest absolute Gasteiger partial charge is 0.252 e. The van der Waals surface area contributed by atoms with E-state index in [0.29, 0.717) is 43.2 Å². The minimum atomic E-state index is -0.235. The van der Waals surface area contributed by atoms with E-state index in [4.69, 9.17) is 9.47 Å². The van der Waals surface area contributed by atoms with Crippen LogP contribution in [-0.4, -0.2) is 56.9 Å². The van der Waals surface area contributed by atoms with E-state index >= 15 is 0 Å². The molecule has 9 nitrogen and oxygen atoms in total. The predicted octanol–water partition coefficient (Wildman–Crippen LogP) is 1.43. The molecule has 0 saturated carbocycles. The van der Waals surface area contributed by atoms with Gasteiger partial charge in [0.05, 0.1) is 36.0 Å². The second kappa shape index (κ2) is 8.33. The first-order valence-corrected chi connectivity index (χ1v) is 9.45. The van der Waals surface area contributed by atoms with E-state index in [1.165, 1.54) is 11.3 Å². The predicted molar refractivity (Wildman–Crippen MR) is 97.0 cm³/mol. The van der Waals surface area contributed by atoms with E-state index in [1.807, 2.05) is 11.4 Å². The molecular weight excluding hydrogens is 368 g/mol. The molecule has 3 heterocycles. The fourth-order valence-electron chi connectivity index (χ4n) is 2.94. The maximum Gasteiger partial charge on any atom is 0.252 e. The molecule has 1 aromatic carbocycles.